The van der Waals surface area contributed by atoms with Gasteiger partial charge < -0.3 is 4.90 Å². The van der Waals surface area contributed by atoms with Gasteiger partial charge in [0.2, 0.25) is 0 Å². The minimum atomic E-state index is 0.701. The van der Waals surface area contributed by atoms with E-state index in [1.165, 1.54) is 103 Å². The Balaban J connectivity index is 3.03. The monoisotopic (exact) mass is 311 g/mol. The predicted octanol–water partition coefficient (Wildman–Crippen LogP) is 7.20. The van der Waals surface area contributed by atoms with Crippen LogP contribution in [0.25, 0.3) is 0 Å². The summed E-state index contributed by atoms with van der Waals surface area (Å²) in [5.74, 6) is 0. The molecule has 22 heavy (non-hydrogen) atoms. The number of hydrogen-bond donors (Lipinski definition) is 0. The van der Waals surface area contributed by atoms with Gasteiger partial charge in [-0.3, -0.25) is 0 Å². The summed E-state index contributed by atoms with van der Waals surface area (Å²) in [6, 6.07) is 0.701. The molecule has 0 N–H and O–H groups in total. The van der Waals surface area contributed by atoms with Gasteiger partial charge in [-0.05, 0) is 33.9 Å². The third-order valence-corrected chi connectivity index (χ3v) is 5.00. The Labute approximate surface area is 142 Å². The summed E-state index contributed by atoms with van der Waals surface area (Å²) in [7, 11) is 2.24. The van der Waals surface area contributed by atoms with Crippen molar-refractivity contribution in [2.24, 2.45) is 0 Å². The van der Waals surface area contributed by atoms with E-state index >= 15 is 0 Å². The van der Waals surface area contributed by atoms with Gasteiger partial charge in [0.25, 0.3) is 0 Å². The van der Waals surface area contributed by atoms with Crippen molar-refractivity contribution in [1.82, 2.24) is 4.90 Å². The van der Waals surface area contributed by atoms with E-state index in [9.17, 15) is 0 Å². The number of unbranched alkanes of at least 4 members (excludes halogenated alkanes) is 14. The van der Waals surface area contributed by atoms with E-state index in [1.54, 1.807) is 0 Å². The van der Waals surface area contributed by atoms with Crippen molar-refractivity contribution < 1.29 is 0 Å². The largest absolute Gasteiger partial charge is 0.304 e. The highest BCUT2D eigenvalue weighted by Gasteiger charge is 2.01. The van der Waals surface area contributed by atoms with Crippen LogP contribution in [0.1, 0.15) is 117 Å². The summed E-state index contributed by atoms with van der Waals surface area (Å²) in [4.78, 5) is 2.46. The Morgan fingerprint density at radius 2 is 0.864 bits per heavy atom. The molecule has 0 aliphatic carbocycles. The first-order valence-corrected chi connectivity index (χ1v) is 10.4. The van der Waals surface area contributed by atoms with Gasteiger partial charge in [0.05, 0.1) is 0 Å². The molecule has 0 radical (unpaired) electrons. The standard InChI is InChI=1S/C21H45N/c1-5-6-7-8-9-10-11-12-13-14-15-16-17-18-19-20-22(4)21(2)3/h21H,5-20H2,1-4H3. The van der Waals surface area contributed by atoms with E-state index in [1.807, 2.05) is 0 Å². The smallest absolute Gasteiger partial charge is 0.00355 e. The molecule has 0 fully saturated rings. The van der Waals surface area contributed by atoms with Gasteiger partial charge in [-0.2, -0.15) is 0 Å². The average Bonchev–Trinajstić information content (AvgIpc) is 2.50. The summed E-state index contributed by atoms with van der Waals surface area (Å²) in [6.07, 6.45) is 21.8. The van der Waals surface area contributed by atoms with Crippen molar-refractivity contribution in [1.29, 1.82) is 0 Å². The molecule has 134 valence electrons. The molecule has 0 rings (SSSR count). The topological polar surface area (TPSA) is 3.24 Å². The maximum absolute atomic E-state index is 2.46. The van der Waals surface area contributed by atoms with Crippen LogP contribution < -0.4 is 0 Å². The summed E-state index contributed by atoms with van der Waals surface area (Å²) >= 11 is 0. The lowest BCUT2D eigenvalue weighted by atomic mass is 10.0. The first kappa shape index (κ1) is 22.0. The molecule has 0 unspecified atom stereocenters. The molecule has 0 aromatic carbocycles. The highest BCUT2D eigenvalue weighted by atomic mass is 15.1. The van der Waals surface area contributed by atoms with Crippen LogP contribution >= 0.6 is 0 Å². The Hall–Kier alpha value is -0.0400. The highest BCUT2D eigenvalue weighted by Crippen LogP contribution is 2.13. The molecule has 0 aliphatic rings. The minimum absolute atomic E-state index is 0.701. The second-order valence-corrected chi connectivity index (χ2v) is 7.52. The van der Waals surface area contributed by atoms with Gasteiger partial charge in [0.1, 0.15) is 0 Å². The summed E-state index contributed by atoms with van der Waals surface area (Å²) in [5.41, 5.74) is 0. The predicted molar refractivity (Wildman–Crippen MR) is 103 cm³/mol. The van der Waals surface area contributed by atoms with Crippen LogP contribution in [0, 0.1) is 0 Å². The fourth-order valence-corrected chi connectivity index (χ4v) is 2.99. The van der Waals surface area contributed by atoms with Gasteiger partial charge in [0.15, 0.2) is 0 Å². The molecule has 0 saturated heterocycles. The van der Waals surface area contributed by atoms with Crippen molar-refractivity contribution in [3.05, 3.63) is 0 Å². The van der Waals surface area contributed by atoms with Gasteiger partial charge in [-0.25, -0.2) is 0 Å². The number of hydrogen-bond acceptors (Lipinski definition) is 1. The Morgan fingerprint density at radius 1 is 0.545 bits per heavy atom. The van der Waals surface area contributed by atoms with Crippen molar-refractivity contribution in [2.45, 2.75) is 123 Å². The van der Waals surface area contributed by atoms with Gasteiger partial charge in [-0.15, -0.1) is 0 Å². The van der Waals surface area contributed by atoms with Crippen LogP contribution in [0.3, 0.4) is 0 Å². The highest BCUT2D eigenvalue weighted by molar-refractivity contribution is 4.57. The lowest BCUT2D eigenvalue weighted by Gasteiger charge is -2.20. The maximum atomic E-state index is 2.46. The first-order chi connectivity index (χ1) is 10.7. The third-order valence-electron chi connectivity index (χ3n) is 5.00. The normalized spacial score (nSPS) is 11.7. The number of nitrogens with zero attached hydrogens (tertiary/aromatic N) is 1. The molecule has 0 amide bonds. The molecule has 0 aliphatic heterocycles. The first-order valence-electron chi connectivity index (χ1n) is 10.4. The van der Waals surface area contributed by atoms with Crippen LogP contribution in [0.2, 0.25) is 0 Å². The van der Waals surface area contributed by atoms with Crippen LogP contribution in [-0.4, -0.2) is 24.5 Å². The molecule has 0 aromatic rings. The SMILES string of the molecule is CCCCCCCCCCCCCCCCCN(C)C(C)C. The Bertz CT molecular complexity index is 200. The molecule has 0 aromatic heterocycles. The summed E-state index contributed by atoms with van der Waals surface area (Å²) < 4.78 is 0. The van der Waals surface area contributed by atoms with Gasteiger partial charge in [0, 0.05) is 6.04 Å². The van der Waals surface area contributed by atoms with Crippen LogP contribution in [0.4, 0.5) is 0 Å². The van der Waals surface area contributed by atoms with Crippen molar-refractivity contribution in [2.75, 3.05) is 13.6 Å². The van der Waals surface area contributed by atoms with E-state index in [-0.39, 0.29) is 0 Å². The zero-order chi connectivity index (χ0) is 16.5. The van der Waals surface area contributed by atoms with Crippen molar-refractivity contribution in [3.63, 3.8) is 0 Å². The average molecular weight is 312 g/mol. The molecule has 0 heterocycles. The molecular formula is C21H45N. The molecule has 0 saturated carbocycles. The van der Waals surface area contributed by atoms with E-state index in [4.69, 9.17) is 0 Å². The fraction of sp³-hybridized carbons (Fsp3) is 1.00. The second-order valence-electron chi connectivity index (χ2n) is 7.52. The molecule has 0 bridgehead atoms. The molecule has 1 nitrogen and oxygen atoms in total. The second kappa shape index (κ2) is 17.3. The van der Waals surface area contributed by atoms with Crippen LogP contribution in [-0.2, 0) is 0 Å². The maximum Gasteiger partial charge on any atom is 0.00355 e. The van der Waals surface area contributed by atoms with E-state index in [0.717, 1.165) is 0 Å². The molecular weight excluding hydrogens is 266 g/mol. The Morgan fingerprint density at radius 3 is 1.18 bits per heavy atom. The zero-order valence-electron chi connectivity index (χ0n) is 16.3. The molecule has 0 spiro atoms. The zero-order valence-corrected chi connectivity index (χ0v) is 16.3. The third kappa shape index (κ3) is 16.3. The minimum Gasteiger partial charge on any atom is -0.304 e. The molecule has 1 heteroatoms. The van der Waals surface area contributed by atoms with E-state index in [2.05, 4.69) is 32.7 Å². The van der Waals surface area contributed by atoms with Crippen LogP contribution in [0.15, 0.2) is 0 Å². The Kier molecular flexibility index (Phi) is 17.3. The van der Waals surface area contributed by atoms with E-state index < -0.39 is 0 Å². The lowest BCUT2D eigenvalue weighted by molar-refractivity contribution is 0.267. The summed E-state index contributed by atoms with van der Waals surface area (Å²) in [6.45, 7) is 8.14. The van der Waals surface area contributed by atoms with E-state index in [0.29, 0.717) is 6.04 Å². The summed E-state index contributed by atoms with van der Waals surface area (Å²) in [5, 5.41) is 0. The molecule has 0 atom stereocenters. The van der Waals surface area contributed by atoms with Crippen molar-refractivity contribution in [3.8, 4) is 0 Å². The lowest BCUT2D eigenvalue weighted by Crippen LogP contribution is -2.27. The quantitative estimate of drug-likeness (QED) is 0.257. The van der Waals surface area contributed by atoms with Crippen LogP contribution in [0.5, 0.6) is 0 Å². The van der Waals surface area contributed by atoms with Crippen molar-refractivity contribution >= 4 is 0 Å². The van der Waals surface area contributed by atoms with Gasteiger partial charge in [-0.1, -0.05) is 96.8 Å². The number of rotatable bonds is 17. The fourth-order valence-electron chi connectivity index (χ4n) is 2.99. The van der Waals surface area contributed by atoms with Gasteiger partial charge >= 0.3 is 0 Å².